The van der Waals surface area contributed by atoms with Crippen molar-refractivity contribution in [1.82, 2.24) is 15.2 Å². The number of hydrogen-bond donors (Lipinski definition) is 3. The second-order valence-corrected chi connectivity index (χ2v) is 8.59. The van der Waals surface area contributed by atoms with E-state index in [0.717, 1.165) is 12.1 Å². The van der Waals surface area contributed by atoms with E-state index in [-0.39, 0.29) is 23.4 Å². The highest BCUT2D eigenvalue weighted by atomic mass is 19.4. The van der Waals surface area contributed by atoms with Gasteiger partial charge in [-0.3, -0.25) is 4.79 Å². The molecule has 1 unspecified atom stereocenters. The van der Waals surface area contributed by atoms with Gasteiger partial charge in [-0.15, -0.1) is 0 Å². The summed E-state index contributed by atoms with van der Waals surface area (Å²) in [5, 5.41) is 25.1. The largest absolute Gasteiger partial charge is 0.478 e. The monoisotopic (exact) mass is 496 g/mol. The number of carboxylic acid groups (broad SMARTS) is 1. The van der Waals surface area contributed by atoms with Crippen LogP contribution in [0.1, 0.15) is 67.3 Å². The molecule has 0 fully saturated rings. The van der Waals surface area contributed by atoms with Crippen molar-refractivity contribution in [2.45, 2.75) is 38.7 Å². The Labute approximate surface area is 205 Å². The van der Waals surface area contributed by atoms with Crippen LogP contribution in [0, 0.1) is 11.3 Å². The second kappa shape index (κ2) is 9.87. The van der Waals surface area contributed by atoms with E-state index in [4.69, 9.17) is 5.11 Å². The molecule has 1 aromatic heterocycles. The summed E-state index contributed by atoms with van der Waals surface area (Å²) in [5.41, 5.74) is 2.05. The molecule has 1 aliphatic rings. The third kappa shape index (κ3) is 4.97. The number of nitriles is 1. The third-order valence-corrected chi connectivity index (χ3v) is 6.25. The van der Waals surface area contributed by atoms with Crippen LogP contribution in [0.25, 0.3) is 0 Å². The Balaban J connectivity index is 1.70. The van der Waals surface area contributed by atoms with E-state index in [9.17, 15) is 28.0 Å². The molecule has 36 heavy (non-hydrogen) atoms. The van der Waals surface area contributed by atoms with E-state index < -0.39 is 29.7 Å². The molecular weight excluding hydrogens is 473 g/mol. The van der Waals surface area contributed by atoms with E-state index >= 15 is 0 Å². The van der Waals surface area contributed by atoms with Gasteiger partial charge in [-0.2, -0.15) is 18.4 Å². The average Bonchev–Trinajstić information content (AvgIpc) is 3.17. The molecule has 0 bridgehead atoms. The Kier molecular flexibility index (Phi) is 6.86. The summed E-state index contributed by atoms with van der Waals surface area (Å²) in [6.07, 6.45) is -3.99. The lowest BCUT2D eigenvalue weighted by Crippen LogP contribution is -2.30. The first-order valence-corrected chi connectivity index (χ1v) is 11.3. The minimum atomic E-state index is -4.50. The van der Waals surface area contributed by atoms with Gasteiger partial charge in [0.05, 0.1) is 22.7 Å². The summed E-state index contributed by atoms with van der Waals surface area (Å²) < 4.78 is 41.4. The quantitative estimate of drug-likeness (QED) is 0.473. The molecule has 0 saturated carbocycles. The summed E-state index contributed by atoms with van der Waals surface area (Å²) in [6, 6.07) is 12.6. The van der Waals surface area contributed by atoms with Gasteiger partial charge in [0.1, 0.15) is 11.8 Å². The van der Waals surface area contributed by atoms with Crippen molar-refractivity contribution in [3.05, 3.63) is 93.3 Å². The van der Waals surface area contributed by atoms with Gasteiger partial charge in [-0.05, 0) is 60.8 Å². The topological polar surface area (TPSA) is 107 Å². The van der Waals surface area contributed by atoms with Gasteiger partial charge in [-0.25, -0.2) is 4.79 Å². The summed E-state index contributed by atoms with van der Waals surface area (Å²) in [5.74, 6) is -1.61. The van der Waals surface area contributed by atoms with Gasteiger partial charge in [0, 0.05) is 18.8 Å². The fourth-order valence-corrected chi connectivity index (χ4v) is 4.43. The minimum Gasteiger partial charge on any atom is -0.478 e. The van der Waals surface area contributed by atoms with Gasteiger partial charge < -0.3 is 20.3 Å². The second-order valence-electron chi connectivity index (χ2n) is 8.59. The van der Waals surface area contributed by atoms with Crippen LogP contribution < -0.4 is 10.6 Å². The molecule has 186 valence electrons. The normalized spacial score (nSPS) is 14.0. The molecule has 0 radical (unpaired) electrons. The number of fused-ring (bicyclic) bond motifs is 1. The number of hydrogen-bond acceptors (Lipinski definition) is 4. The van der Waals surface area contributed by atoms with Gasteiger partial charge >= 0.3 is 12.1 Å². The highest BCUT2D eigenvalue weighted by Crippen LogP contribution is 2.31. The van der Waals surface area contributed by atoms with Crippen LogP contribution in [0.5, 0.6) is 0 Å². The highest BCUT2D eigenvalue weighted by molar-refractivity contribution is 5.96. The van der Waals surface area contributed by atoms with Gasteiger partial charge in [0.2, 0.25) is 0 Å². The third-order valence-electron chi connectivity index (χ3n) is 6.25. The lowest BCUT2D eigenvalue weighted by molar-refractivity contribution is -0.137. The van der Waals surface area contributed by atoms with E-state index in [1.807, 2.05) is 0 Å². The number of aromatic carboxylic acids is 1. The Morgan fingerprint density at radius 2 is 1.94 bits per heavy atom. The van der Waals surface area contributed by atoms with Crippen LogP contribution in [0.15, 0.2) is 48.5 Å². The Bertz CT molecular complexity index is 1350. The first-order valence-electron chi connectivity index (χ1n) is 11.3. The molecule has 3 N–H and O–H groups in total. The molecule has 1 aliphatic heterocycles. The van der Waals surface area contributed by atoms with Gasteiger partial charge in [0.25, 0.3) is 5.91 Å². The Morgan fingerprint density at radius 3 is 2.58 bits per heavy atom. The smallest absolute Gasteiger partial charge is 0.416 e. The van der Waals surface area contributed by atoms with Gasteiger partial charge in [-0.1, -0.05) is 24.3 Å². The number of carbonyl (C=O) groups excluding carboxylic acids is 1. The zero-order valence-electron chi connectivity index (χ0n) is 19.3. The van der Waals surface area contributed by atoms with E-state index in [1.165, 1.54) is 18.2 Å². The molecule has 0 spiro atoms. The van der Waals surface area contributed by atoms with Crippen molar-refractivity contribution >= 4 is 11.9 Å². The number of rotatable bonds is 6. The summed E-state index contributed by atoms with van der Waals surface area (Å²) in [7, 11) is 0. The number of aromatic nitrogens is 1. The van der Waals surface area contributed by atoms with E-state index in [0.29, 0.717) is 41.9 Å². The zero-order valence-corrected chi connectivity index (χ0v) is 19.3. The molecule has 0 saturated heterocycles. The fraction of sp³-hybridized carbons (Fsp3) is 0.269. The number of carbonyl (C=O) groups is 2. The SMILES string of the molecule is CC(NC(=O)c1c(C#N)c2c(n1Cc1cccc(C(F)(F)F)c1)CNCC2)c1ccc(C(=O)O)cc1. The molecule has 1 amide bonds. The maximum atomic E-state index is 13.5. The number of benzene rings is 2. The molecule has 3 aromatic rings. The van der Waals surface area contributed by atoms with Crippen LogP contribution >= 0.6 is 0 Å². The Morgan fingerprint density at radius 1 is 1.22 bits per heavy atom. The van der Waals surface area contributed by atoms with Crippen LogP contribution in [0.4, 0.5) is 13.2 Å². The summed E-state index contributed by atoms with van der Waals surface area (Å²) in [6.45, 7) is 2.70. The fourth-order valence-electron chi connectivity index (χ4n) is 4.43. The number of carboxylic acids is 1. The first kappa shape index (κ1) is 25.0. The van der Waals surface area contributed by atoms with Crippen molar-refractivity contribution in [1.29, 1.82) is 5.26 Å². The highest BCUT2D eigenvalue weighted by Gasteiger charge is 2.32. The zero-order chi connectivity index (χ0) is 26.0. The average molecular weight is 496 g/mol. The number of halogens is 3. The lowest BCUT2D eigenvalue weighted by Gasteiger charge is -2.19. The number of amides is 1. The maximum absolute atomic E-state index is 13.5. The molecule has 10 heteroatoms. The molecule has 0 aliphatic carbocycles. The van der Waals surface area contributed by atoms with Crippen molar-refractivity contribution in [2.24, 2.45) is 0 Å². The van der Waals surface area contributed by atoms with Gasteiger partial charge in [0.15, 0.2) is 0 Å². The number of nitrogens with zero attached hydrogens (tertiary/aromatic N) is 2. The number of alkyl halides is 3. The predicted molar refractivity (Wildman–Crippen MR) is 124 cm³/mol. The predicted octanol–water partition coefficient (Wildman–Crippen LogP) is 4.26. The molecule has 1 atom stereocenters. The molecular formula is C26H23F3N4O3. The number of nitrogens with one attached hydrogen (secondary N) is 2. The molecule has 4 rings (SSSR count). The molecule has 7 nitrogen and oxygen atoms in total. The minimum absolute atomic E-state index is 0.0138. The maximum Gasteiger partial charge on any atom is 0.416 e. The van der Waals surface area contributed by atoms with Crippen LogP contribution in [0.2, 0.25) is 0 Å². The Hall–Kier alpha value is -4.10. The summed E-state index contributed by atoms with van der Waals surface area (Å²) in [4.78, 5) is 24.6. The standard InChI is InChI=1S/C26H23F3N4O3/c1-15(17-5-7-18(8-6-17)25(35)36)32-24(34)23-21(12-30)20-9-10-31-13-22(20)33(23)14-16-3-2-4-19(11-16)26(27,28)29/h2-8,11,15,31H,9-10,13-14H2,1H3,(H,32,34)(H,35,36). The van der Waals surface area contributed by atoms with Crippen LogP contribution in [0.3, 0.4) is 0 Å². The van der Waals surface area contributed by atoms with Crippen molar-refractivity contribution < 1.29 is 27.9 Å². The van der Waals surface area contributed by atoms with Crippen LogP contribution in [-0.2, 0) is 25.7 Å². The molecule has 2 aromatic carbocycles. The van der Waals surface area contributed by atoms with Crippen molar-refractivity contribution in [3.63, 3.8) is 0 Å². The first-order chi connectivity index (χ1) is 17.1. The molecule has 2 heterocycles. The summed E-state index contributed by atoms with van der Waals surface area (Å²) >= 11 is 0. The van der Waals surface area contributed by atoms with Crippen molar-refractivity contribution in [3.8, 4) is 6.07 Å². The lowest BCUT2D eigenvalue weighted by atomic mass is 10.0. The van der Waals surface area contributed by atoms with E-state index in [1.54, 1.807) is 29.7 Å². The van der Waals surface area contributed by atoms with Crippen LogP contribution in [-0.4, -0.2) is 28.1 Å². The van der Waals surface area contributed by atoms with Crippen molar-refractivity contribution in [2.75, 3.05) is 6.54 Å². The van der Waals surface area contributed by atoms with E-state index in [2.05, 4.69) is 16.7 Å².